The van der Waals surface area contributed by atoms with Gasteiger partial charge in [0.05, 0.1) is 24.2 Å². The number of methoxy groups -OCH3 is 1. The number of pyridine rings is 1. The molecule has 0 radical (unpaired) electrons. The monoisotopic (exact) mass is 427 g/mol. The Balaban J connectivity index is 1.74. The van der Waals surface area contributed by atoms with E-state index in [9.17, 15) is 13.2 Å². The smallest absolute Gasteiger partial charge is 0.266 e. The van der Waals surface area contributed by atoms with E-state index < -0.39 is 23.8 Å². The van der Waals surface area contributed by atoms with Gasteiger partial charge in [0, 0.05) is 41.0 Å². The standard InChI is InChI=1S/C24H24F3N3O/c1-14(16-4-3-5-17(23(16)25)24(26)27)30-20-8-11-29-21-13-22(31-2)18(12-19(20)21)15-6-9-28-10-7-15/h3-6,8,11-14,24,28H,7,9-10H2,1-2H3,(H,29,30). The predicted molar refractivity (Wildman–Crippen MR) is 117 cm³/mol. The summed E-state index contributed by atoms with van der Waals surface area (Å²) in [5.74, 6) is -0.132. The zero-order valence-corrected chi connectivity index (χ0v) is 17.4. The number of aromatic nitrogens is 1. The quantitative estimate of drug-likeness (QED) is 0.517. The number of fused-ring (bicyclic) bond motifs is 1. The number of nitrogens with zero attached hydrogens (tertiary/aromatic N) is 1. The molecule has 7 heteroatoms. The Kier molecular flexibility index (Phi) is 6.13. The SMILES string of the molecule is COc1cc2nccc(NC(C)c3cccc(C(F)F)c3F)c2cc1C1=CCNCC1. The predicted octanol–water partition coefficient (Wildman–Crippen LogP) is 5.87. The Morgan fingerprint density at radius 3 is 2.68 bits per heavy atom. The first kappa shape index (κ1) is 21.2. The topological polar surface area (TPSA) is 46.2 Å². The Bertz CT molecular complexity index is 1130. The van der Waals surface area contributed by atoms with Crippen LogP contribution in [-0.4, -0.2) is 25.2 Å². The number of ether oxygens (including phenoxy) is 1. The third-order valence-electron chi connectivity index (χ3n) is 5.60. The molecule has 4 rings (SSSR count). The molecule has 4 nitrogen and oxygen atoms in total. The number of anilines is 1. The number of hydrogen-bond acceptors (Lipinski definition) is 4. The summed E-state index contributed by atoms with van der Waals surface area (Å²) in [4.78, 5) is 4.45. The molecule has 0 saturated carbocycles. The molecular weight excluding hydrogens is 403 g/mol. The van der Waals surface area contributed by atoms with Gasteiger partial charge >= 0.3 is 0 Å². The van der Waals surface area contributed by atoms with Crippen molar-refractivity contribution in [1.29, 1.82) is 0 Å². The summed E-state index contributed by atoms with van der Waals surface area (Å²) in [5, 5.41) is 7.44. The van der Waals surface area contributed by atoms with Crippen LogP contribution in [-0.2, 0) is 0 Å². The maximum absolute atomic E-state index is 14.6. The van der Waals surface area contributed by atoms with Crippen molar-refractivity contribution in [3.05, 3.63) is 71.2 Å². The van der Waals surface area contributed by atoms with Crippen LogP contribution in [0.1, 0.15) is 42.5 Å². The van der Waals surface area contributed by atoms with Crippen LogP contribution in [0.15, 0.2) is 48.7 Å². The van der Waals surface area contributed by atoms with Crippen LogP contribution in [0.25, 0.3) is 16.5 Å². The van der Waals surface area contributed by atoms with Gasteiger partial charge in [-0.3, -0.25) is 4.98 Å². The summed E-state index contributed by atoms with van der Waals surface area (Å²) in [6.45, 7) is 3.44. The number of nitrogens with one attached hydrogen (secondary N) is 2. The van der Waals surface area contributed by atoms with Crippen molar-refractivity contribution in [2.45, 2.75) is 25.8 Å². The molecule has 3 aromatic rings. The second-order valence-electron chi connectivity index (χ2n) is 7.53. The van der Waals surface area contributed by atoms with Crippen molar-refractivity contribution in [1.82, 2.24) is 10.3 Å². The molecule has 2 heterocycles. The Labute approximate surface area is 179 Å². The fourth-order valence-corrected chi connectivity index (χ4v) is 3.97. The third kappa shape index (κ3) is 4.23. The molecule has 162 valence electrons. The second-order valence-corrected chi connectivity index (χ2v) is 7.53. The minimum absolute atomic E-state index is 0.192. The van der Waals surface area contributed by atoms with Crippen LogP contribution >= 0.6 is 0 Å². The Hall–Kier alpha value is -3.06. The highest BCUT2D eigenvalue weighted by Gasteiger charge is 2.20. The van der Waals surface area contributed by atoms with E-state index in [-0.39, 0.29) is 5.56 Å². The van der Waals surface area contributed by atoms with E-state index in [0.29, 0.717) is 0 Å². The van der Waals surface area contributed by atoms with Crippen LogP contribution in [0.4, 0.5) is 18.9 Å². The van der Waals surface area contributed by atoms with Crippen LogP contribution in [0.5, 0.6) is 5.75 Å². The summed E-state index contributed by atoms with van der Waals surface area (Å²) >= 11 is 0. The number of alkyl halides is 2. The lowest BCUT2D eigenvalue weighted by atomic mass is 9.96. The van der Waals surface area contributed by atoms with E-state index in [2.05, 4.69) is 21.7 Å². The van der Waals surface area contributed by atoms with Crippen LogP contribution in [0.2, 0.25) is 0 Å². The van der Waals surface area contributed by atoms with E-state index >= 15 is 0 Å². The molecule has 0 aliphatic carbocycles. The van der Waals surface area contributed by atoms with Gasteiger partial charge in [-0.05, 0) is 37.6 Å². The minimum atomic E-state index is -2.86. The van der Waals surface area contributed by atoms with E-state index in [1.54, 1.807) is 26.3 Å². The van der Waals surface area contributed by atoms with Gasteiger partial charge in [0.15, 0.2) is 0 Å². The lowest BCUT2D eigenvalue weighted by Gasteiger charge is -2.21. The van der Waals surface area contributed by atoms with E-state index in [1.807, 2.05) is 12.1 Å². The summed E-state index contributed by atoms with van der Waals surface area (Å²) in [5.41, 5.74) is 3.27. The van der Waals surface area contributed by atoms with E-state index in [0.717, 1.165) is 53.5 Å². The molecule has 2 aromatic carbocycles. The second kappa shape index (κ2) is 8.98. The van der Waals surface area contributed by atoms with Gasteiger partial charge in [-0.15, -0.1) is 0 Å². The Morgan fingerprint density at radius 2 is 1.97 bits per heavy atom. The Morgan fingerprint density at radius 1 is 1.16 bits per heavy atom. The molecule has 0 bridgehead atoms. The molecule has 1 atom stereocenters. The largest absolute Gasteiger partial charge is 0.496 e. The van der Waals surface area contributed by atoms with Crippen molar-refractivity contribution >= 4 is 22.2 Å². The first-order chi connectivity index (χ1) is 15.0. The van der Waals surface area contributed by atoms with Crippen molar-refractivity contribution in [3.63, 3.8) is 0 Å². The maximum atomic E-state index is 14.6. The molecular formula is C24H24F3N3O. The molecule has 1 aliphatic heterocycles. The number of benzene rings is 2. The number of halogens is 3. The molecule has 1 aliphatic rings. The number of hydrogen-bond donors (Lipinski definition) is 2. The fourth-order valence-electron chi connectivity index (χ4n) is 3.97. The zero-order chi connectivity index (χ0) is 22.0. The van der Waals surface area contributed by atoms with Gasteiger partial charge in [0.1, 0.15) is 11.6 Å². The average Bonchev–Trinajstić information content (AvgIpc) is 2.78. The molecule has 0 amide bonds. The van der Waals surface area contributed by atoms with E-state index in [4.69, 9.17) is 4.74 Å². The molecule has 0 fully saturated rings. The molecule has 0 saturated heterocycles. The van der Waals surface area contributed by atoms with Gasteiger partial charge in [0.25, 0.3) is 6.43 Å². The van der Waals surface area contributed by atoms with Crippen LogP contribution in [0, 0.1) is 5.82 Å². The lowest BCUT2D eigenvalue weighted by molar-refractivity contribution is 0.146. The molecule has 31 heavy (non-hydrogen) atoms. The maximum Gasteiger partial charge on any atom is 0.266 e. The first-order valence-corrected chi connectivity index (χ1v) is 10.2. The van der Waals surface area contributed by atoms with Crippen LogP contribution < -0.4 is 15.4 Å². The zero-order valence-electron chi connectivity index (χ0n) is 17.4. The van der Waals surface area contributed by atoms with Crippen molar-refractivity contribution in [2.75, 3.05) is 25.5 Å². The fraction of sp³-hybridized carbons (Fsp3) is 0.292. The van der Waals surface area contributed by atoms with Crippen LogP contribution in [0.3, 0.4) is 0 Å². The summed E-state index contributed by atoms with van der Waals surface area (Å²) < 4.78 is 46.5. The first-order valence-electron chi connectivity index (χ1n) is 10.2. The van der Waals surface area contributed by atoms with Gasteiger partial charge in [-0.2, -0.15) is 0 Å². The summed E-state index contributed by atoms with van der Waals surface area (Å²) in [7, 11) is 1.63. The third-order valence-corrected chi connectivity index (χ3v) is 5.60. The van der Waals surface area contributed by atoms with Gasteiger partial charge in [0.2, 0.25) is 0 Å². The van der Waals surface area contributed by atoms with Gasteiger partial charge in [-0.1, -0.05) is 24.3 Å². The average molecular weight is 427 g/mol. The molecule has 1 aromatic heterocycles. The lowest BCUT2D eigenvalue weighted by Crippen LogP contribution is -2.20. The van der Waals surface area contributed by atoms with Crippen molar-refractivity contribution in [2.24, 2.45) is 0 Å². The van der Waals surface area contributed by atoms with Crippen molar-refractivity contribution < 1.29 is 17.9 Å². The minimum Gasteiger partial charge on any atom is -0.496 e. The highest BCUT2D eigenvalue weighted by Crippen LogP contribution is 2.36. The van der Waals surface area contributed by atoms with E-state index in [1.165, 1.54) is 17.7 Å². The summed E-state index contributed by atoms with van der Waals surface area (Å²) in [6, 6.07) is 9.30. The highest BCUT2D eigenvalue weighted by atomic mass is 19.3. The number of rotatable bonds is 6. The molecule has 2 N–H and O–H groups in total. The van der Waals surface area contributed by atoms with Gasteiger partial charge < -0.3 is 15.4 Å². The highest BCUT2D eigenvalue weighted by molar-refractivity contribution is 5.95. The molecule has 1 unspecified atom stereocenters. The van der Waals surface area contributed by atoms with Gasteiger partial charge in [-0.25, -0.2) is 13.2 Å². The van der Waals surface area contributed by atoms with Crippen molar-refractivity contribution in [3.8, 4) is 5.75 Å². The summed E-state index contributed by atoms with van der Waals surface area (Å²) in [6.07, 6.45) is 1.83. The normalized spacial score (nSPS) is 15.1. The molecule has 0 spiro atoms.